The molecule has 0 amide bonds. The standard InChI is InChI=1S/C14H17F6N6O4P/c15-13(16,17)4-29-31(27,30-5-14(18,19)20)7-28-12(1-2-12)3-26-6-23-8-9(21)24-11(22)25-10(8)26/h6H,1-5,7H2,(H4,21,22,24,25). The summed E-state index contributed by atoms with van der Waals surface area (Å²) in [6, 6.07) is 0. The Hall–Kier alpha value is -2.16. The highest BCUT2D eigenvalue weighted by Crippen LogP contribution is 2.53. The quantitative estimate of drug-likeness (QED) is 0.411. The average molecular weight is 478 g/mol. The number of fused-ring (bicyclic) bond motifs is 1. The molecule has 2 aromatic rings. The molecule has 1 aliphatic rings. The Bertz CT molecular complexity index is 970. The van der Waals surface area contributed by atoms with E-state index in [1.54, 1.807) is 0 Å². The Morgan fingerprint density at radius 1 is 1.06 bits per heavy atom. The number of ether oxygens (including phenoxy) is 1. The van der Waals surface area contributed by atoms with Crippen molar-refractivity contribution in [1.82, 2.24) is 19.5 Å². The minimum absolute atomic E-state index is 0.0256. The molecule has 17 heteroatoms. The zero-order valence-corrected chi connectivity index (χ0v) is 16.5. The van der Waals surface area contributed by atoms with Gasteiger partial charge in [0.1, 0.15) is 11.9 Å². The summed E-state index contributed by atoms with van der Waals surface area (Å²) in [6.45, 7) is -4.07. The number of alkyl halides is 6. The molecule has 1 fully saturated rings. The molecule has 0 aromatic carbocycles. The van der Waals surface area contributed by atoms with Gasteiger partial charge in [-0.1, -0.05) is 0 Å². The van der Waals surface area contributed by atoms with Gasteiger partial charge in [-0.3, -0.25) is 13.6 Å². The van der Waals surface area contributed by atoms with Crippen molar-refractivity contribution in [3.05, 3.63) is 6.33 Å². The van der Waals surface area contributed by atoms with E-state index in [-0.39, 0.29) is 29.5 Å². The van der Waals surface area contributed by atoms with E-state index in [0.29, 0.717) is 12.8 Å². The summed E-state index contributed by atoms with van der Waals surface area (Å²) in [6.07, 6.45) is -8.86. The van der Waals surface area contributed by atoms with Gasteiger partial charge in [-0.25, -0.2) is 4.98 Å². The van der Waals surface area contributed by atoms with Crippen LogP contribution in [-0.4, -0.2) is 57.0 Å². The number of hydrogen-bond donors (Lipinski definition) is 2. The molecule has 0 unspecified atom stereocenters. The monoisotopic (exact) mass is 478 g/mol. The molecule has 0 radical (unpaired) electrons. The molecular formula is C14H17F6N6O4P. The third kappa shape index (κ3) is 6.41. The number of hydrogen-bond acceptors (Lipinski definition) is 9. The van der Waals surface area contributed by atoms with Gasteiger partial charge in [-0.05, 0) is 12.8 Å². The second kappa shape index (κ2) is 8.07. The van der Waals surface area contributed by atoms with Gasteiger partial charge in [-0.15, -0.1) is 0 Å². The van der Waals surface area contributed by atoms with E-state index in [1.165, 1.54) is 10.9 Å². The summed E-state index contributed by atoms with van der Waals surface area (Å²) in [5.41, 5.74) is 10.7. The third-order valence-electron chi connectivity index (χ3n) is 4.15. The van der Waals surface area contributed by atoms with Gasteiger partial charge >= 0.3 is 19.9 Å². The molecule has 0 atom stereocenters. The fourth-order valence-electron chi connectivity index (χ4n) is 2.57. The van der Waals surface area contributed by atoms with E-state index >= 15 is 0 Å². The predicted molar refractivity (Wildman–Crippen MR) is 93.7 cm³/mol. The molecule has 1 aliphatic carbocycles. The Kier molecular flexibility index (Phi) is 6.12. The van der Waals surface area contributed by atoms with Crippen molar-refractivity contribution in [3.63, 3.8) is 0 Å². The first-order valence-electron chi connectivity index (χ1n) is 8.59. The normalized spacial score (nSPS) is 16.7. The van der Waals surface area contributed by atoms with Crippen LogP contribution in [0.15, 0.2) is 6.33 Å². The summed E-state index contributed by atoms with van der Waals surface area (Å²) in [5.74, 6) is -0.0965. The second-order valence-corrected chi connectivity index (χ2v) is 8.85. The summed E-state index contributed by atoms with van der Waals surface area (Å²) in [4.78, 5) is 11.8. The van der Waals surface area contributed by atoms with E-state index in [4.69, 9.17) is 16.2 Å². The first-order chi connectivity index (χ1) is 14.2. The topological polar surface area (TPSA) is 140 Å². The van der Waals surface area contributed by atoms with Gasteiger partial charge in [-0.2, -0.15) is 36.3 Å². The minimum atomic E-state index is -4.93. The molecule has 10 nitrogen and oxygen atoms in total. The van der Waals surface area contributed by atoms with Crippen molar-refractivity contribution < 1.29 is 44.7 Å². The maximum Gasteiger partial charge on any atom is 0.412 e. The second-order valence-electron chi connectivity index (χ2n) is 6.86. The van der Waals surface area contributed by atoms with Crippen molar-refractivity contribution in [2.24, 2.45) is 0 Å². The molecule has 1 saturated carbocycles. The van der Waals surface area contributed by atoms with E-state index < -0.39 is 45.1 Å². The molecule has 3 rings (SSSR count). The smallest absolute Gasteiger partial charge is 0.382 e. The third-order valence-corrected chi connectivity index (χ3v) is 5.64. The fraction of sp³-hybridized carbons (Fsp3) is 0.643. The molecule has 0 bridgehead atoms. The summed E-state index contributed by atoms with van der Waals surface area (Å²) in [5, 5.41) is 0. The maximum atomic E-state index is 12.4. The molecule has 2 aromatic heterocycles. The first-order valence-corrected chi connectivity index (χ1v) is 10.3. The number of imidazole rings is 1. The van der Waals surface area contributed by atoms with Crippen molar-refractivity contribution in [2.45, 2.75) is 37.3 Å². The highest BCUT2D eigenvalue weighted by atomic mass is 31.2. The Morgan fingerprint density at radius 3 is 2.16 bits per heavy atom. The number of halogens is 6. The van der Waals surface area contributed by atoms with Crippen molar-refractivity contribution in [3.8, 4) is 0 Å². The zero-order chi connectivity index (χ0) is 23.1. The zero-order valence-electron chi connectivity index (χ0n) is 15.6. The molecule has 4 N–H and O–H groups in total. The van der Waals surface area contributed by atoms with Gasteiger partial charge in [0, 0.05) is 0 Å². The van der Waals surface area contributed by atoms with Gasteiger partial charge < -0.3 is 20.8 Å². The molecule has 0 spiro atoms. The lowest BCUT2D eigenvalue weighted by atomic mass is 10.3. The van der Waals surface area contributed by atoms with E-state index in [1.807, 2.05) is 0 Å². The molecule has 2 heterocycles. The van der Waals surface area contributed by atoms with E-state index in [2.05, 4.69) is 24.0 Å². The van der Waals surface area contributed by atoms with E-state index in [9.17, 15) is 30.9 Å². The first kappa shape index (κ1) is 23.5. The van der Waals surface area contributed by atoms with Gasteiger partial charge in [0.05, 0.1) is 18.5 Å². The van der Waals surface area contributed by atoms with Crippen LogP contribution in [0.4, 0.5) is 38.1 Å². The minimum Gasteiger partial charge on any atom is -0.382 e. The molecule has 0 aliphatic heterocycles. The van der Waals surface area contributed by atoms with Crippen molar-refractivity contribution in [2.75, 3.05) is 31.0 Å². The number of nitrogens with two attached hydrogens (primary N) is 2. The molecule has 31 heavy (non-hydrogen) atoms. The summed E-state index contributed by atoms with van der Waals surface area (Å²) < 4.78 is 102. The lowest BCUT2D eigenvalue weighted by Crippen LogP contribution is -2.25. The average Bonchev–Trinajstić information content (AvgIpc) is 3.29. The number of anilines is 2. The fourth-order valence-corrected chi connectivity index (χ4v) is 3.91. The van der Waals surface area contributed by atoms with Crippen LogP contribution in [0, 0.1) is 0 Å². The van der Waals surface area contributed by atoms with Crippen LogP contribution < -0.4 is 11.5 Å². The Labute approximate surface area is 170 Å². The van der Waals surface area contributed by atoms with Crippen LogP contribution in [0.25, 0.3) is 11.2 Å². The van der Waals surface area contributed by atoms with Crippen LogP contribution in [0.1, 0.15) is 12.8 Å². The van der Waals surface area contributed by atoms with Crippen LogP contribution in [0.3, 0.4) is 0 Å². The number of aromatic nitrogens is 4. The lowest BCUT2D eigenvalue weighted by Gasteiger charge is -2.23. The Balaban J connectivity index is 1.71. The summed E-state index contributed by atoms with van der Waals surface area (Å²) >= 11 is 0. The number of nitrogen functional groups attached to an aromatic ring is 2. The Morgan fingerprint density at radius 2 is 1.65 bits per heavy atom. The number of nitrogens with zero attached hydrogens (tertiary/aromatic N) is 4. The van der Waals surface area contributed by atoms with Crippen LogP contribution in [0.2, 0.25) is 0 Å². The lowest BCUT2D eigenvalue weighted by molar-refractivity contribution is -0.166. The number of rotatable bonds is 9. The van der Waals surface area contributed by atoms with Crippen molar-refractivity contribution in [1.29, 1.82) is 0 Å². The largest absolute Gasteiger partial charge is 0.412 e. The van der Waals surface area contributed by atoms with Gasteiger partial charge in [0.25, 0.3) is 0 Å². The highest BCUT2D eigenvalue weighted by Gasteiger charge is 2.48. The summed E-state index contributed by atoms with van der Waals surface area (Å²) in [7, 11) is -4.88. The predicted octanol–water partition coefficient (Wildman–Crippen LogP) is 2.85. The van der Waals surface area contributed by atoms with Crippen LogP contribution >= 0.6 is 7.60 Å². The van der Waals surface area contributed by atoms with Crippen molar-refractivity contribution >= 4 is 30.5 Å². The molecule has 0 saturated heterocycles. The van der Waals surface area contributed by atoms with E-state index in [0.717, 1.165) is 0 Å². The van der Waals surface area contributed by atoms with Crippen LogP contribution in [-0.2, 0) is 24.9 Å². The maximum absolute atomic E-state index is 12.4. The van der Waals surface area contributed by atoms with Gasteiger partial charge in [0.15, 0.2) is 24.7 Å². The van der Waals surface area contributed by atoms with Gasteiger partial charge in [0.2, 0.25) is 5.95 Å². The molecule has 174 valence electrons. The highest BCUT2D eigenvalue weighted by molar-refractivity contribution is 7.53. The molecular weight excluding hydrogens is 461 g/mol. The SMILES string of the molecule is Nc1nc(N)c2ncn(CC3(OCP(=O)(OCC(F)(F)F)OCC(F)(F)F)CC3)c2n1. The van der Waals surface area contributed by atoms with Crippen LogP contribution in [0.5, 0.6) is 0 Å².